The molecule has 1 aromatic heterocycles. The summed E-state index contributed by atoms with van der Waals surface area (Å²) in [6.07, 6.45) is 1.81. The summed E-state index contributed by atoms with van der Waals surface area (Å²) in [5.41, 5.74) is 0.0517. The van der Waals surface area contributed by atoms with Gasteiger partial charge in [0.05, 0.1) is 29.4 Å². The smallest absolute Gasteiger partial charge is 0.338 e. The Bertz CT molecular complexity index is 951. The van der Waals surface area contributed by atoms with Gasteiger partial charge in [-0.15, -0.1) is 0 Å². The monoisotopic (exact) mass is 396 g/mol. The van der Waals surface area contributed by atoms with Gasteiger partial charge in [0.25, 0.3) is 0 Å². The minimum absolute atomic E-state index is 0.308. The first-order valence-electron chi connectivity index (χ1n) is 9.67. The SMILES string of the molecule is C[C@]12C[C@H](C[C@@H]3C(=O)O[C@H](c4ccoc4)[C@@H](OC(=O)c4ccccc4)[C@@H]31)OC2=O. The Morgan fingerprint density at radius 3 is 2.66 bits per heavy atom. The van der Waals surface area contributed by atoms with Crippen molar-refractivity contribution in [2.45, 2.75) is 38.1 Å². The maximum atomic E-state index is 12.9. The quantitative estimate of drug-likeness (QED) is 0.581. The lowest BCUT2D eigenvalue weighted by Gasteiger charge is -2.48. The second-order valence-corrected chi connectivity index (χ2v) is 8.17. The Hall–Kier alpha value is -3.09. The van der Waals surface area contributed by atoms with Crippen LogP contribution in [0.1, 0.15) is 41.8 Å². The van der Waals surface area contributed by atoms with E-state index in [1.807, 2.05) is 0 Å². The molecule has 7 heteroatoms. The lowest BCUT2D eigenvalue weighted by Crippen LogP contribution is -2.56. The van der Waals surface area contributed by atoms with Crippen molar-refractivity contribution in [2.75, 3.05) is 0 Å². The first-order valence-corrected chi connectivity index (χ1v) is 9.67. The standard InChI is InChI=1S/C22H20O7/c1-22-10-14(27-21(22)25)9-15-16(22)18(29-19(23)12-5-3-2-4-6-12)17(28-20(15)24)13-7-8-26-11-13/h2-8,11,14-18H,9-10H2,1H3/t14-,15-,16+,17+,18-,22-/m0/s1. The van der Waals surface area contributed by atoms with Crippen LogP contribution in [0.25, 0.3) is 0 Å². The number of fused-ring (bicyclic) bond motifs is 4. The summed E-state index contributed by atoms with van der Waals surface area (Å²) in [6.45, 7) is 1.79. The average molecular weight is 396 g/mol. The van der Waals surface area contributed by atoms with Crippen LogP contribution in [0.3, 0.4) is 0 Å². The van der Waals surface area contributed by atoms with E-state index in [1.54, 1.807) is 43.3 Å². The van der Waals surface area contributed by atoms with E-state index in [0.717, 1.165) is 0 Å². The molecule has 2 aliphatic heterocycles. The number of benzene rings is 1. The topological polar surface area (TPSA) is 92.0 Å². The van der Waals surface area contributed by atoms with E-state index in [2.05, 4.69) is 0 Å². The molecule has 0 unspecified atom stereocenters. The van der Waals surface area contributed by atoms with E-state index in [-0.39, 0.29) is 12.1 Å². The fraction of sp³-hybridized carbons (Fsp3) is 0.409. The first-order chi connectivity index (χ1) is 14.0. The van der Waals surface area contributed by atoms with Gasteiger partial charge < -0.3 is 18.6 Å². The van der Waals surface area contributed by atoms with Gasteiger partial charge in [0.1, 0.15) is 12.2 Å². The summed E-state index contributed by atoms with van der Waals surface area (Å²) >= 11 is 0. The molecule has 3 heterocycles. The van der Waals surface area contributed by atoms with Gasteiger partial charge in [0.2, 0.25) is 0 Å². The fourth-order valence-electron chi connectivity index (χ4n) is 5.06. The van der Waals surface area contributed by atoms with Crippen LogP contribution in [0.15, 0.2) is 53.3 Å². The number of hydrogen-bond donors (Lipinski definition) is 0. The maximum Gasteiger partial charge on any atom is 0.338 e. The van der Waals surface area contributed by atoms with E-state index in [0.29, 0.717) is 24.0 Å². The van der Waals surface area contributed by atoms with E-state index < -0.39 is 41.4 Å². The van der Waals surface area contributed by atoms with Crippen molar-refractivity contribution >= 4 is 17.9 Å². The Labute approximate surface area is 166 Å². The lowest BCUT2D eigenvalue weighted by atomic mass is 9.59. The maximum absolute atomic E-state index is 12.9. The van der Waals surface area contributed by atoms with Gasteiger partial charge in [0.15, 0.2) is 6.10 Å². The van der Waals surface area contributed by atoms with Crippen molar-refractivity contribution in [3.8, 4) is 0 Å². The Balaban J connectivity index is 1.56. The van der Waals surface area contributed by atoms with Gasteiger partial charge >= 0.3 is 17.9 Å². The minimum atomic E-state index is -0.920. The van der Waals surface area contributed by atoms with Crippen molar-refractivity contribution in [2.24, 2.45) is 17.3 Å². The zero-order valence-corrected chi connectivity index (χ0v) is 15.8. The van der Waals surface area contributed by atoms with Crippen LogP contribution in [0, 0.1) is 17.3 Å². The number of esters is 3. The van der Waals surface area contributed by atoms with Gasteiger partial charge in [-0.1, -0.05) is 18.2 Å². The summed E-state index contributed by atoms with van der Waals surface area (Å²) in [4.78, 5) is 38.4. The van der Waals surface area contributed by atoms with Crippen molar-refractivity contribution in [1.82, 2.24) is 0 Å². The molecule has 3 aliphatic rings. The molecular formula is C22H20O7. The summed E-state index contributed by atoms with van der Waals surface area (Å²) in [6, 6.07) is 10.3. The highest BCUT2D eigenvalue weighted by Crippen LogP contribution is 2.57. The van der Waals surface area contributed by atoms with Gasteiger partial charge in [-0.05, 0) is 31.5 Å². The number of ether oxygens (including phenoxy) is 3. The van der Waals surface area contributed by atoms with E-state index >= 15 is 0 Å². The Morgan fingerprint density at radius 1 is 1.14 bits per heavy atom. The Morgan fingerprint density at radius 2 is 1.93 bits per heavy atom. The summed E-state index contributed by atoms with van der Waals surface area (Å²) in [5.74, 6) is -2.39. The molecule has 29 heavy (non-hydrogen) atoms. The molecule has 2 aromatic rings. The van der Waals surface area contributed by atoms with Crippen LogP contribution in [-0.2, 0) is 23.8 Å². The second-order valence-electron chi connectivity index (χ2n) is 8.17. The van der Waals surface area contributed by atoms with Crippen molar-refractivity contribution in [3.63, 3.8) is 0 Å². The summed E-state index contributed by atoms with van der Waals surface area (Å²) in [5, 5.41) is 0. The number of furan rings is 1. The molecule has 1 saturated carbocycles. The zero-order valence-electron chi connectivity index (χ0n) is 15.8. The number of carbonyl (C=O) groups is 3. The van der Waals surface area contributed by atoms with Gasteiger partial charge in [-0.25, -0.2) is 4.79 Å². The predicted molar refractivity (Wildman–Crippen MR) is 97.4 cm³/mol. The molecule has 1 aliphatic carbocycles. The molecule has 1 aromatic carbocycles. The third-order valence-electron chi connectivity index (χ3n) is 6.40. The highest BCUT2D eigenvalue weighted by Gasteiger charge is 2.66. The molecule has 2 bridgehead atoms. The third kappa shape index (κ3) is 2.75. The highest BCUT2D eigenvalue weighted by atomic mass is 16.6. The van der Waals surface area contributed by atoms with Gasteiger partial charge in [-0.2, -0.15) is 0 Å². The minimum Gasteiger partial charge on any atom is -0.472 e. The summed E-state index contributed by atoms with van der Waals surface area (Å²) in [7, 11) is 0. The third-order valence-corrected chi connectivity index (χ3v) is 6.40. The molecular weight excluding hydrogens is 376 g/mol. The average Bonchev–Trinajstić information content (AvgIpc) is 3.32. The molecule has 0 amide bonds. The van der Waals surface area contributed by atoms with E-state index in [9.17, 15) is 14.4 Å². The number of rotatable bonds is 3. The number of cyclic esters (lactones) is 1. The fourth-order valence-corrected chi connectivity index (χ4v) is 5.06. The van der Waals surface area contributed by atoms with Crippen molar-refractivity contribution in [3.05, 3.63) is 60.1 Å². The highest BCUT2D eigenvalue weighted by molar-refractivity contribution is 5.90. The van der Waals surface area contributed by atoms with Crippen molar-refractivity contribution < 1.29 is 33.0 Å². The molecule has 0 spiro atoms. The predicted octanol–water partition coefficient (Wildman–Crippen LogP) is 3.06. The van der Waals surface area contributed by atoms with Crippen LogP contribution in [-0.4, -0.2) is 30.1 Å². The van der Waals surface area contributed by atoms with Gasteiger partial charge in [-0.3, -0.25) is 9.59 Å². The van der Waals surface area contributed by atoms with E-state index in [4.69, 9.17) is 18.6 Å². The second kappa shape index (κ2) is 6.47. The van der Waals surface area contributed by atoms with Crippen LogP contribution in [0.5, 0.6) is 0 Å². The molecule has 0 N–H and O–H groups in total. The molecule has 2 saturated heterocycles. The molecule has 150 valence electrons. The van der Waals surface area contributed by atoms with Crippen LogP contribution in [0.2, 0.25) is 0 Å². The molecule has 5 rings (SSSR count). The van der Waals surface area contributed by atoms with Crippen molar-refractivity contribution in [1.29, 1.82) is 0 Å². The first kappa shape index (κ1) is 18.0. The largest absolute Gasteiger partial charge is 0.472 e. The molecule has 0 radical (unpaired) electrons. The lowest BCUT2D eigenvalue weighted by molar-refractivity contribution is -0.197. The molecule has 3 fully saturated rings. The molecule has 7 nitrogen and oxygen atoms in total. The number of carbonyl (C=O) groups excluding carboxylic acids is 3. The van der Waals surface area contributed by atoms with Crippen LogP contribution in [0.4, 0.5) is 0 Å². The van der Waals surface area contributed by atoms with E-state index in [1.165, 1.54) is 12.5 Å². The van der Waals surface area contributed by atoms with Gasteiger partial charge in [0, 0.05) is 17.9 Å². The summed E-state index contributed by atoms with van der Waals surface area (Å²) < 4.78 is 22.3. The molecule has 6 atom stereocenters. The van der Waals surface area contributed by atoms with Crippen LogP contribution < -0.4 is 0 Å². The Kier molecular flexibility index (Phi) is 4.01. The normalized spacial score (nSPS) is 35.4. The number of hydrogen-bond acceptors (Lipinski definition) is 7. The van der Waals surface area contributed by atoms with Crippen LogP contribution >= 0.6 is 0 Å². The zero-order chi connectivity index (χ0) is 20.2.